The third kappa shape index (κ3) is 4.41. The molecule has 0 atom stereocenters. The van der Waals surface area contributed by atoms with E-state index in [-0.39, 0.29) is 0 Å². The minimum absolute atomic E-state index is 0.603. The molecule has 1 heteroatoms. The molecule has 1 aromatic rings. The van der Waals surface area contributed by atoms with Gasteiger partial charge < -0.3 is 4.42 Å². The zero-order valence-electron chi connectivity index (χ0n) is 13.1. The van der Waals surface area contributed by atoms with Crippen molar-refractivity contribution in [3.8, 4) is 0 Å². The van der Waals surface area contributed by atoms with Crippen LogP contribution in [0.15, 0.2) is 35.3 Å². The second kappa shape index (κ2) is 8.42. The fourth-order valence-electron chi connectivity index (χ4n) is 2.14. The molecule has 1 heterocycles. The average Bonchev–Trinajstić information content (AvgIpc) is 2.76. The van der Waals surface area contributed by atoms with Crippen molar-refractivity contribution in [3.05, 3.63) is 52.8 Å². The van der Waals surface area contributed by atoms with E-state index < -0.39 is 0 Å². The van der Waals surface area contributed by atoms with Crippen molar-refractivity contribution >= 4 is 18.2 Å². The standard InChI is InChI=1S/C19H26O/c1-6-12-17-16(7-2)18(8-3)20-19(17)14-11-9-10-13-15(4)5/h6-8,10-11,13-15H,1,9,12H2,2-5H3/b13-10-,14-11-,16-7-,18-8+. The molecule has 0 N–H and O–H groups in total. The minimum atomic E-state index is 0.603. The molecular weight excluding hydrogens is 244 g/mol. The normalized spacial score (nSPS) is 14.2. The Balaban J connectivity index is 3.03. The lowest BCUT2D eigenvalue weighted by atomic mass is 10.1. The molecule has 1 rings (SSSR count). The summed E-state index contributed by atoms with van der Waals surface area (Å²) in [5.74, 6) is 1.55. The molecule has 0 fully saturated rings. The van der Waals surface area contributed by atoms with Gasteiger partial charge in [0.1, 0.15) is 11.2 Å². The molecule has 0 saturated heterocycles. The Hall–Kier alpha value is -1.76. The molecule has 0 radical (unpaired) electrons. The number of hydrogen-bond acceptors (Lipinski definition) is 1. The summed E-state index contributed by atoms with van der Waals surface area (Å²) in [5.41, 5.74) is 2.17. The van der Waals surface area contributed by atoms with Crippen LogP contribution in [0.2, 0.25) is 0 Å². The Morgan fingerprint density at radius 1 is 1.15 bits per heavy atom. The number of furan rings is 1. The number of hydrogen-bond donors (Lipinski definition) is 0. The van der Waals surface area contributed by atoms with Gasteiger partial charge in [0.2, 0.25) is 0 Å². The third-order valence-corrected chi connectivity index (χ3v) is 3.07. The third-order valence-electron chi connectivity index (χ3n) is 3.07. The van der Waals surface area contributed by atoms with E-state index in [0.29, 0.717) is 5.92 Å². The van der Waals surface area contributed by atoms with Crippen LogP contribution in [0.5, 0.6) is 0 Å². The highest BCUT2D eigenvalue weighted by Crippen LogP contribution is 2.08. The lowest BCUT2D eigenvalue weighted by Crippen LogP contribution is -2.21. The zero-order chi connectivity index (χ0) is 15.0. The first kappa shape index (κ1) is 16.3. The molecule has 0 aliphatic carbocycles. The molecule has 0 aliphatic rings. The first-order valence-electron chi connectivity index (χ1n) is 7.32. The number of rotatable bonds is 6. The van der Waals surface area contributed by atoms with Crippen molar-refractivity contribution < 1.29 is 4.42 Å². The quantitative estimate of drug-likeness (QED) is 0.705. The summed E-state index contributed by atoms with van der Waals surface area (Å²) in [6.07, 6.45) is 16.4. The first-order chi connectivity index (χ1) is 9.63. The van der Waals surface area contributed by atoms with Crippen LogP contribution in [0.1, 0.15) is 45.4 Å². The van der Waals surface area contributed by atoms with E-state index in [1.807, 2.05) is 26.0 Å². The largest absolute Gasteiger partial charge is 0.457 e. The highest BCUT2D eigenvalue weighted by molar-refractivity contribution is 5.51. The summed E-state index contributed by atoms with van der Waals surface area (Å²) >= 11 is 0. The van der Waals surface area contributed by atoms with Crippen molar-refractivity contribution in [3.63, 3.8) is 0 Å². The maximum absolute atomic E-state index is 5.92. The topological polar surface area (TPSA) is 13.1 Å². The van der Waals surface area contributed by atoms with E-state index in [1.165, 1.54) is 10.8 Å². The van der Waals surface area contributed by atoms with Crippen molar-refractivity contribution in [1.29, 1.82) is 0 Å². The molecule has 1 nitrogen and oxygen atoms in total. The maximum Gasteiger partial charge on any atom is 0.131 e. The van der Waals surface area contributed by atoms with Gasteiger partial charge in [-0.3, -0.25) is 0 Å². The van der Waals surface area contributed by atoms with Crippen molar-refractivity contribution in [2.24, 2.45) is 5.92 Å². The average molecular weight is 270 g/mol. The van der Waals surface area contributed by atoms with E-state index >= 15 is 0 Å². The van der Waals surface area contributed by atoms with Crippen LogP contribution < -0.4 is 10.6 Å². The van der Waals surface area contributed by atoms with Gasteiger partial charge in [0, 0.05) is 10.8 Å². The molecule has 0 amide bonds. The van der Waals surface area contributed by atoms with Crippen molar-refractivity contribution in [2.75, 3.05) is 0 Å². The Morgan fingerprint density at radius 3 is 2.45 bits per heavy atom. The van der Waals surface area contributed by atoms with E-state index in [4.69, 9.17) is 4.42 Å². The summed E-state index contributed by atoms with van der Waals surface area (Å²) < 4.78 is 5.92. The summed E-state index contributed by atoms with van der Waals surface area (Å²) in [5, 5.41) is 1.18. The summed E-state index contributed by atoms with van der Waals surface area (Å²) in [6.45, 7) is 12.2. The molecule has 0 unspecified atom stereocenters. The van der Waals surface area contributed by atoms with Crippen molar-refractivity contribution in [1.82, 2.24) is 0 Å². The lowest BCUT2D eigenvalue weighted by Gasteiger charge is -1.94. The number of allylic oxidation sites excluding steroid dienone is 4. The minimum Gasteiger partial charge on any atom is -0.457 e. The van der Waals surface area contributed by atoms with Crippen molar-refractivity contribution in [2.45, 2.75) is 40.5 Å². The molecule has 0 spiro atoms. The van der Waals surface area contributed by atoms with E-state index in [1.54, 1.807) is 0 Å². The fourth-order valence-corrected chi connectivity index (χ4v) is 2.14. The van der Waals surface area contributed by atoms with Gasteiger partial charge >= 0.3 is 0 Å². The summed E-state index contributed by atoms with van der Waals surface area (Å²) in [4.78, 5) is 0. The van der Waals surface area contributed by atoms with Gasteiger partial charge in [-0.1, -0.05) is 44.2 Å². The van der Waals surface area contributed by atoms with Gasteiger partial charge in [-0.05, 0) is 44.8 Å². The lowest BCUT2D eigenvalue weighted by molar-refractivity contribution is 0.519. The molecule has 1 aromatic heterocycles. The second-order valence-electron chi connectivity index (χ2n) is 5.10. The van der Waals surface area contributed by atoms with Crippen LogP contribution in [0, 0.1) is 5.92 Å². The van der Waals surface area contributed by atoms with Crippen LogP contribution >= 0.6 is 0 Å². The Kier molecular flexibility index (Phi) is 6.86. The van der Waals surface area contributed by atoms with Crippen LogP contribution in [-0.2, 0) is 6.42 Å². The van der Waals surface area contributed by atoms with Gasteiger partial charge in [0.25, 0.3) is 0 Å². The predicted octanol–water partition coefficient (Wildman–Crippen LogP) is 4.22. The van der Waals surface area contributed by atoms with Gasteiger partial charge in [0.05, 0.1) is 0 Å². The SMILES string of the molecule is C=CCc1c(/C=C\C/C=C\C(C)C)oc(=C/C)/c1=C\C. The van der Waals surface area contributed by atoms with Gasteiger partial charge in [-0.2, -0.15) is 0 Å². The van der Waals surface area contributed by atoms with E-state index in [0.717, 1.165) is 24.0 Å². The molecule has 108 valence electrons. The molecule has 0 saturated carbocycles. The molecular formula is C19H26O. The fraction of sp³-hybridized carbons (Fsp3) is 0.368. The molecule has 20 heavy (non-hydrogen) atoms. The van der Waals surface area contributed by atoms with Crippen LogP contribution in [-0.4, -0.2) is 0 Å². The molecule has 0 aromatic carbocycles. The summed E-state index contributed by atoms with van der Waals surface area (Å²) in [7, 11) is 0. The van der Waals surface area contributed by atoms with Gasteiger partial charge in [-0.25, -0.2) is 0 Å². The Morgan fingerprint density at radius 2 is 1.90 bits per heavy atom. The zero-order valence-corrected chi connectivity index (χ0v) is 13.1. The monoisotopic (exact) mass is 270 g/mol. The van der Waals surface area contributed by atoms with E-state index in [9.17, 15) is 0 Å². The van der Waals surface area contributed by atoms with Crippen LogP contribution in [0.4, 0.5) is 0 Å². The smallest absolute Gasteiger partial charge is 0.131 e. The summed E-state index contributed by atoms with van der Waals surface area (Å²) in [6, 6.07) is 0. The van der Waals surface area contributed by atoms with E-state index in [2.05, 4.69) is 50.8 Å². The first-order valence-corrected chi connectivity index (χ1v) is 7.32. The maximum atomic E-state index is 5.92. The van der Waals surface area contributed by atoms with Crippen LogP contribution in [0.3, 0.4) is 0 Å². The Bertz CT molecular complexity index is 594. The molecule has 0 aliphatic heterocycles. The second-order valence-corrected chi connectivity index (χ2v) is 5.10. The van der Waals surface area contributed by atoms with Crippen LogP contribution in [0.25, 0.3) is 18.2 Å². The highest BCUT2D eigenvalue weighted by atomic mass is 16.3. The Labute approximate surface area is 122 Å². The molecule has 0 bridgehead atoms. The van der Waals surface area contributed by atoms with Gasteiger partial charge in [0.15, 0.2) is 0 Å². The highest BCUT2D eigenvalue weighted by Gasteiger charge is 2.06. The predicted molar refractivity (Wildman–Crippen MR) is 89.8 cm³/mol. The van der Waals surface area contributed by atoms with Gasteiger partial charge in [-0.15, -0.1) is 6.58 Å².